The molecule has 1 aromatic heterocycles. The van der Waals surface area contributed by atoms with Gasteiger partial charge in [-0.25, -0.2) is 18.4 Å². The molecule has 100 valence electrons. The Balaban J connectivity index is 2.40. The van der Waals surface area contributed by atoms with Gasteiger partial charge in [0.05, 0.1) is 18.1 Å². The summed E-state index contributed by atoms with van der Waals surface area (Å²) in [4.78, 5) is 19.5. The van der Waals surface area contributed by atoms with Crippen molar-refractivity contribution in [1.29, 1.82) is 0 Å². The van der Waals surface area contributed by atoms with Crippen molar-refractivity contribution < 1.29 is 13.2 Å². The van der Waals surface area contributed by atoms with E-state index in [1.54, 1.807) is 7.05 Å². The van der Waals surface area contributed by atoms with Crippen LogP contribution in [0, 0.1) is 0 Å². The third kappa shape index (κ3) is 5.09. The molecule has 0 saturated carbocycles. The summed E-state index contributed by atoms with van der Waals surface area (Å²) in [6.07, 6.45) is 4.35. The minimum atomic E-state index is -2.98. The highest BCUT2D eigenvalue weighted by molar-refractivity contribution is 7.90. The van der Waals surface area contributed by atoms with E-state index in [2.05, 4.69) is 20.6 Å². The van der Waals surface area contributed by atoms with Gasteiger partial charge in [0.15, 0.2) is 0 Å². The number of anilines is 1. The molecule has 2 N–H and O–H groups in total. The van der Waals surface area contributed by atoms with Crippen LogP contribution in [0.4, 0.5) is 5.82 Å². The number of hydrogen-bond donors (Lipinski definition) is 2. The van der Waals surface area contributed by atoms with E-state index in [1.165, 1.54) is 12.4 Å². The lowest BCUT2D eigenvalue weighted by molar-refractivity contribution is 0.0948. The Morgan fingerprint density at radius 1 is 1.33 bits per heavy atom. The van der Waals surface area contributed by atoms with Gasteiger partial charge < -0.3 is 10.6 Å². The molecule has 0 fully saturated rings. The predicted octanol–water partition coefficient (Wildman–Crippen LogP) is -0.317. The van der Waals surface area contributed by atoms with Crippen molar-refractivity contribution in [2.45, 2.75) is 6.42 Å². The van der Waals surface area contributed by atoms with Crippen LogP contribution in [0.3, 0.4) is 0 Å². The fourth-order valence-corrected chi connectivity index (χ4v) is 1.87. The first kappa shape index (κ1) is 14.4. The van der Waals surface area contributed by atoms with Crippen LogP contribution in [-0.2, 0) is 9.84 Å². The largest absolute Gasteiger partial charge is 0.372 e. The van der Waals surface area contributed by atoms with Gasteiger partial charge >= 0.3 is 0 Å². The van der Waals surface area contributed by atoms with Crippen LogP contribution in [0.5, 0.6) is 0 Å². The smallest absolute Gasteiger partial charge is 0.271 e. The summed E-state index contributed by atoms with van der Waals surface area (Å²) in [5.41, 5.74) is 0.202. The molecule has 0 bridgehead atoms. The second kappa shape index (κ2) is 6.29. The molecule has 0 aliphatic carbocycles. The van der Waals surface area contributed by atoms with Gasteiger partial charge in [-0.05, 0) is 6.42 Å². The fourth-order valence-electron chi connectivity index (χ4n) is 1.20. The average molecular weight is 272 g/mol. The number of carbonyl (C=O) groups is 1. The van der Waals surface area contributed by atoms with Crippen molar-refractivity contribution in [1.82, 2.24) is 15.3 Å². The Bertz CT molecular complexity index is 498. The summed E-state index contributed by atoms with van der Waals surface area (Å²) in [7, 11) is -1.28. The summed E-state index contributed by atoms with van der Waals surface area (Å²) in [5.74, 6) is 0.264. The maximum Gasteiger partial charge on any atom is 0.271 e. The van der Waals surface area contributed by atoms with E-state index in [-0.39, 0.29) is 17.4 Å². The number of rotatable bonds is 6. The lowest BCUT2D eigenvalue weighted by atomic mass is 10.4. The summed E-state index contributed by atoms with van der Waals surface area (Å²) in [6.45, 7) is 0.293. The lowest BCUT2D eigenvalue weighted by Gasteiger charge is -2.04. The molecule has 0 radical (unpaired) electrons. The van der Waals surface area contributed by atoms with Crippen LogP contribution in [0.2, 0.25) is 0 Å². The van der Waals surface area contributed by atoms with Crippen LogP contribution >= 0.6 is 0 Å². The predicted molar refractivity (Wildman–Crippen MR) is 68.2 cm³/mol. The molecule has 0 aliphatic heterocycles. The summed E-state index contributed by atoms with van der Waals surface area (Å²) >= 11 is 0. The van der Waals surface area contributed by atoms with Crippen LogP contribution < -0.4 is 10.6 Å². The molecule has 1 heterocycles. The fraction of sp³-hybridized carbons (Fsp3) is 0.500. The molecule has 0 aromatic carbocycles. The van der Waals surface area contributed by atoms with Gasteiger partial charge in [-0.3, -0.25) is 4.79 Å². The van der Waals surface area contributed by atoms with Crippen molar-refractivity contribution in [2.24, 2.45) is 0 Å². The van der Waals surface area contributed by atoms with E-state index in [1.807, 2.05) is 0 Å². The number of nitrogens with zero attached hydrogens (tertiary/aromatic N) is 2. The Morgan fingerprint density at radius 3 is 2.56 bits per heavy atom. The third-order valence-corrected chi connectivity index (χ3v) is 3.15. The highest BCUT2D eigenvalue weighted by Gasteiger charge is 2.08. The molecule has 18 heavy (non-hydrogen) atoms. The second-order valence-electron chi connectivity index (χ2n) is 3.78. The molecule has 0 spiro atoms. The van der Waals surface area contributed by atoms with Crippen LogP contribution in [0.15, 0.2) is 12.4 Å². The van der Waals surface area contributed by atoms with E-state index < -0.39 is 9.84 Å². The van der Waals surface area contributed by atoms with E-state index in [9.17, 15) is 13.2 Å². The van der Waals surface area contributed by atoms with Crippen LogP contribution in [-0.4, -0.2) is 49.9 Å². The Kier molecular flexibility index (Phi) is 5.02. The van der Waals surface area contributed by atoms with Crippen molar-refractivity contribution in [3.05, 3.63) is 18.1 Å². The summed E-state index contributed by atoms with van der Waals surface area (Å²) in [5, 5.41) is 5.37. The number of nitrogens with one attached hydrogen (secondary N) is 2. The first-order chi connectivity index (χ1) is 8.42. The highest BCUT2D eigenvalue weighted by atomic mass is 32.2. The number of aromatic nitrogens is 2. The van der Waals surface area contributed by atoms with E-state index >= 15 is 0 Å². The van der Waals surface area contributed by atoms with Gasteiger partial charge in [0, 0.05) is 19.8 Å². The van der Waals surface area contributed by atoms with Gasteiger partial charge in [-0.2, -0.15) is 0 Å². The number of carbonyl (C=O) groups excluding carboxylic acids is 1. The quantitative estimate of drug-likeness (QED) is 0.688. The zero-order valence-corrected chi connectivity index (χ0v) is 11.1. The van der Waals surface area contributed by atoms with Gasteiger partial charge in [0.25, 0.3) is 5.91 Å². The Morgan fingerprint density at radius 2 is 2.06 bits per heavy atom. The standard InChI is InChI=1S/C10H16N4O3S/c1-11-9-7-13-8(6-14-9)10(15)12-4-3-5-18(2,16)17/h6-7H,3-5H2,1-2H3,(H,11,14)(H,12,15). The zero-order valence-electron chi connectivity index (χ0n) is 10.3. The maximum absolute atomic E-state index is 11.6. The SMILES string of the molecule is CNc1cnc(C(=O)NCCCS(C)(=O)=O)cn1. The van der Waals surface area contributed by atoms with Crippen molar-refractivity contribution in [3.63, 3.8) is 0 Å². The first-order valence-electron chi connectivity index (χ1n) is 5.38. The molecule has 1 aromatic rings. The van der Waals surface area contributed by atoms with Crippen LogP contribution in [0.25, 0.3) is 0 Å². The highest BCUT2D eigenvalue weighted by Crippen LogP contribution is 1.99. The first-order valence-corrected chi connectivity index (χ1v) is 7.44. The zero-order chi connectivity index (χ0) is 13.6. The Hall–Kier alpha value is -1.70. The molecule has 7 nitrogen and oxygen atoms in total. The molecule has 0 saturated heterocycles. The van der Waals surface area contributed by atoms with E-state index in [4.69, 9.17) is 0 Å². The topological polar surface area (TPSA) is 101 Å². The monoisotopic (exact) mass is 272 g/mol. The third-order valence-electron chi connectivity index (χ3n) is 2.12. The molecule has 8 heteroatoms. The van der Waals surface area contributed by atoms with Crippen molar-refractivity contribution in [2.75, 3.05) is 30.9 Å². The van der Waals surface area contributed by atoms with Crippen molar-refractivity contribution in [3.8, 4) is 0 Å². The van der Waals surface area contributed by atoms with E-state index in [0.717, 1.165) is 6.26 Å². The lowest BCUT2D eigenvalue weighted by Crippen LogP contribution is -2.26. The molecular formula is C10H16N4O3S. The van der Waals surface area contributed by atoms with Gasteiger partial charge in [0.1, 0.15) is 21.3 Å². The van der Waals surface area contributed by atoms with E-state index in [0.29, 0.717) is 18.8 Å². The van der Waals surface area contributed by atoms with Crippen LogP contribution in [0.1, 0.15) is 16.9 Å². The van der Waals surface area contributed by atoms with Crippen molar-refractivity contribution >= 4 is 21.6 Å². The molecule has 0 aliphatic rings. The molecule has 0 atom stereocenters. The number of sulfone groups is 1. The van der Waals surface area contributed by atoms with Gasteiger partial charge in [-0.15, -0.1) is 0 Å². The Labute approximate surface area is 106 Å². The minimum Gasteiger partial charge on any atom is -0.372 e. The number of amides is 1. The van der Waals surface area contributed by atoms with Gasteiger partial charge in [-0.1, -0.05) is 0 Å². The maximum atomic E-state index is 11.6. The second-order valence-corrected chi connectivity index (χ2v) is 6.04. The average Bonchev–Trinajstić information content (AvgIpc) is 2.33. The number of hydrogen-bond acceptors (Lipinski definition) is 6. The molecular weight excluding hydrogens is 256 g/mol. The molecule has 0 unspecified atom stereocenters. The summed E-state index contributed by atoms with van der Waals surface area (Å²) in [6, 6.07) is 0. The minimum absolute atomic E-state index is 0.0532. The summed E-state index contributed by atoms with van der Waals surface area (Å²) < 4.78 is 21.7. The molecule has 1 amide bonds. The molecule has 1 rings (SSSR count). The normalized spacial score (nSPS) is 11.0. The van der Waals surface area contributed by atoms with Gasteiger partial charge in [0.2, 0.25) is 0 Å².